The van der Waals surface area contributed by atoms with E-state index in [1.54, 1.807) is 202 Å². The molecule has 0 saturated heterocycles. The highest BCUT2D eigenvalue weighted by molar-refractivity contribution is 9.09. The van der Waals surface area contributed by atoms with E-state index in [0.29, 0.717) is 107 Å². The number of benzene rings is 6. The topological polar surface area (TPSA) is 313 Å². The van der Waals surface area contributed by atoms with Crippen molar-refractivity contribution in [3.63, 3.8) is 0 Å². The number of halogens is 1. The van der Waals surface area contributed by atoms with E-state index in [4.69, 9.17) is 43.5 Å². The van der Waals surface area contributed by atoms with Crippen LogP contribution < -0.4 is 51.5 Å². The van der Waals surface area contributed by atoms with Crippen LogP contribution in [0.1, 0.15) is 113 Å². The van der Waals surface area contributed by atoms with Gasteiger partial charge in [0.2, 0.25) is 0 Å². The molecule has 0 radical (unpaired) electrons. The normalized spacial score (nSPS) is 10.9. The summed E-state index contributed by atoms with van der Waals surface area (Å²) in [4.78, 5) is 114. The third-order valence-corrected chi connectivity index (χ3v) is 15.5. The van der Waals surface area contributed by atoms with Crippen LogP contribution in [-0.2, 0) is 43.3 Å². The number of hydrogen-bond acceptors (Lipinski definition) is 19. The molecule has 9 rings (SSSR count). The van der Waals surface area contributed by atoms with Gasteiger partial charge in [-0.25, -0.2) is 29.5 Å². The predicted molar refractivity (Wildman–Crippen MR) is 408 cm³/mol. The monoisotopic (exact) mass is 1510 g/mol. The van der Waals surface area contributed by atoms with Crippen molar-refractivity contribution in [2.75, 3.05) is 76.2 Å². The van der Waals surface area contributed by atoms with E-state index in [2.05, 4.69) is 26.0 Å². The Hall–Kier alpha value is -11.0. The highest BCUT2D eigenvalue weighted by Gasteiger charge is 2.26. The standard InChI is InChI=1S/C26H30N2O6.C25H29N3O6.C14H14BrNO3.C12H17NO3.CH4O/c1-26(2,3)34-25(31)28(20-9-11-21(32-4)12-10-20)15-6-14-27-16-13-18-7-8-19(24(30)33-5)17-22(18)23(27)29;1-25(2,3)34-24(31)28(19-8-10-20(33-4)11-9-19)14-5-13-27-15-12-17-6-7-18(22(29)26-32)16-21(17)23(27)30;1-19-14(18)11-4-3-10-5-8-16(7-2-6-15)13(17)12(10)9-11;1-12(2,3)16-11(14)13-9-5-7-10(15-4)8-6-9;1-2/h7-13,16-17H,6,14-15H2,1-5H3;6-12,15-16,32H,5,13-14H2,1-4H3,(H,26,29);3-5,8-9H,2,6-7H2,1H3;5-8H,1-4H3,(H,13,14);2H,1H3. The van der Waals surface area contributed by atoms with Gasteiger partial charge in [0.05, 0.1) is 46.7 Å². The second-order valence-corrected chi connectivity index (χ2v) is 26.8. The van der Waals surface area contributed by atoms with E-state index in [0.717, 1.165) is 35.4 Å². The Morgan fingerprint density at radius 1 is 0.438 bits per heavy atom. The van der Waals surface area contributed by atoms with Gasteiger partial charge in [-0.1, -0.05) is 34.1 Å². The number of fused-ring (bicyclic) bond motifs is 3. The second kappa shape index (κ2) is 40.1. The number of aliphatic hydroxyl groups is 1. The number of alkyl halides is 1. The Bertz CT molecular complexity index is 4380. The van der Waals surface area contributed by atoms with Crippen molar-refractivity contribution in [1.82, 2.24) is 19.2 Å². The van der Waals surface area contributed by atoms with Crippen molar-refractivity contribution in [3.8, 4) is 17.2 Å². The lowest BCUT2D eigenvalue weighted by Gasteiger charge is -2.27. The Morgan fingerprint density at radius 2 is 0.762 bits per heavy atom. The molecule has 0 fully saturated rings. The third kappa shape index (κ3) is 26.0. The molecule has 562 valence electrons. The minimum atomic E-state index is -0.691. The highest BCUT2D eigenvalue weighted by Crippen LogP contribution is 2.26. The Balaban J connectivity index is 0.000000261. The van der Waals surface area contributed by atoms with Crippen LogP contribution in [0.4, 0.5) is 31.4 Å². The summed E-state index contributed by atoms with van der Waals surface area (Å²) in [6.45, 7) is 18.4. The number of hydroxylamine groups is 1. The van der Waals surface area contributed by atoms with Gasteiger partial charge < -0.3 is 56.7 Å². The van der Waals surface area contributed by atoms with Gasteiger partial charge in [-0.2, -0.15) is 0 Å². The van der Waals surface area contributed by atoms with Gasteiger partial charge in [-0.3, -0.25) is 39.5 Å². The fraction of sp³-hybridized carbons (Fsp3) is 0.346. The molecule has 4 amide bonds. The smallest absolute Gasteiger partial charge is 0.414 e. The first-order valence-corrected chi connectivity index (χ1v) is 34.4. The average Bonchev–Trinajstić information content (AvgIpc) is 0.808. The van der Waals surface area contributed by atoms with Gasteiger partial charge in [0.25, 0.3) is 22.6 Å². The number of esters is 2. The molecule has 0 saturated carbocycles. The lowest BCUT2D eigenvalue weighted by molar-refractivity contribution is 0.0568. The Morgan fingerprint density at radius 3 is 1.08 bits per heavy atom. The van der Waals surface area contributed by atoms with Crippen molar-refractivity contribution in [2.24, 2.45) is 0 Å². The van der Waals surface area contributed by atoms with Crippen LogP contribution in [0.3, 0.4) is 0 Å². The fourth-order valence-electron chi connectivity index (χ4n) is 10.00. The number of methoxy groups -OCH3 is 5. The second-order valence-electron chi connectivity index (χ2n) is 26.0. The predicted octanol–water partition coefficient (Wildman–Crippen LogP) is 13.8. The van der Waals surface area contributed by atoms with E-state index >= 15 is 0 Å². The number of pyridine rings is 3. The van der Waals surface area contributed by atoms with Crippen LogP contribution in [0.2, 0.25) is 0 Å². The number of hydrogen-bond donors (Lipinski definition) is 4. The first-order chi connectivity index (χ1) is 49.8. The summed E-state index contributed by atoms with van der Waals surface area (Å²) < 4.78 is 45.9. The lowest BCUT2D eigenvalue weighted by Crippen LogP contribution is -2.38. The minimum absolute atomic E-state index is 0.0794. The molecule has 0 aliphatic carbocycles. The van der Waals surface area contributed by atoms with Crippen LogP contribution >= 0.6 is 15.9 Å². The summed E-state index contributed by atoms with van der Waals surface area (Å²) in [5.41, 5.74) is 2.12. The number of anilines is 3. The fourth-order valence-corrected chi connectivity index (χ4v) is 10.2. The number of amides is 4. The van der Waals surface area contributed by atoms with E-state index in [1.165, 1.54) is 35.8 Å². The van der Waals surface area contributed by atoms with Gasteiger partial charge in [-0.15, -0.1) is 0 Å². The van der Waals surface area contributed by atoms with Crippen LogP contribution in [0, 0.1) is 0 Å². The number of carbonyl (C=O) groups is 6. The molecule has 26 nitrogen and oxygen atoms in total. The number of nitrogens with one attached hydrogen (secondary N) is 2. The molecule has 0 atom stereocenters. The number of aliphatic hydroxyl groups excluding tert-OH is 1. The van der Waals surface area contributed by atoms with Crippen molar-refractivity contribution in [3.05, 3.63) is 212 Å². The number of aromatic nitrogens is 3. The molecule has 0 bridgehead atoms. The van der Waals surface area contributed by atoms with Crippen molar-refractivity contribution in [2.45, 2.75) is 118 Å². The van der Waals surface area contributed by atoms with Crippen molar-refractivity contribution >= 4 is 101 Å². The molecule has 4 N–H and O–H groups in total. The maximum Gasteiger partial charge on any atom is 0.414 e. The molecule has 0 spiro atoms. The minimum Gasteiger partial charge on any atom is -0.497 e. The van der Waals surface area contributed by atoms with Crippen LogP contribution in [0.15, 0.2) is 179 Å². The maximum absolute atomic E-state index is 13.0. The zero-order chi connectivity index (χ0) is 77.8. The molecule has 3 heterocycles. The van der Waals surface area contributed by atoms with Crippen molar-refractivity contribution in [1.29, 1.82) is 0 Å². The molecule has 0 aliphatic heterocycles. The summed E-state index contributed by atoms with van der Waals surface area (Å²) in [5.74, 6) is 0.479. The van der Waals surface area contributed by atoms with E-state index in [1.807, 2.05) is 53.7 Å². The summed E-state index contributed by atoms with van der Waals surface area (Å²) in [7, 11) is 8.37. The quantitative estimate of drug-likeness (QED) is 0.0181. The molecular weight excluding hydrogens is 1420 g/mol. The zero-order valence-corrected chi connectivity index (χ0v) is 63.5. The average molecular weight is 1510 g/mol. The van der Waals surface area contributed by atoms with E-state index < -0.39 is 52.9 Å². The number of nitrogens with zero attached hydrogens (tertiary/aromatic N) is 5. The van der Waals surface area contributed by atoms with Gasteiger partial charge in [0, 0.05) is 103 Å². The summed E-state index contributed by atoms with van der Waals surface area (Å²) in [6, 6.07) is 41.3. The van der Waals surface area contributed by atoms with Gasteiger partial charge in [-0.05, 0) is 225 Å². The third-order valence-electron chi connectivity index (χ3n) is 15.0. The SMILES string of the molecule is CO.COC(=O)c1ccc2ccn(CCCBr)c(=O)c2c1.COC(=O)c1ccc2ccn(CCCN(C(=O)OC(C)(C)C)c3ccc(OC)cc3)c(=O)c2c1.COc1ccc(N(CCCn2ccc3ccc(C(=O)NO)cc3c2=O)C(=O)OC(C)(C)C)cc1.COc1ccc(NC(=O)OC(C)(C)C)cc1. The highest BCUT2D eigenvalue weighted by atomic mass is 79.9. The van der Waals surface area contributed by atoms with Crippen LogP contribution in [0.25, 0.3) is 32.3 Å². The molecule has 9 aromatic rings. The Kier molecular flexibility index (Phi) is 32.3. The zero-order valence-electron chi connectivity index (χ0n) is 61.9. The Labute approximate surface area is 618 Å². The molecule has 6 aromatic carbocycles. The maximum atomic E-state index is 13.0. The van der Waals surface area contributed by atoms with Gasteiger partial charge in [0.1, 0.15) is 34.1 Å². The molecular formula is C78H94BrN7O19. The van der Waals surface area contributed by atoms with Crippen molar-refractivity contribution < 1.29 is 77.0 Å². The summed E-state index contributed by atoms with van der Waals surface area (Å²) >= 11 is 3.34. The number of carbonyl (C=O) groups excluding carboxylic acids is 6. The molecule has 0 unspecified atom stereocenters. The van der Waals surface area contributed by atoms with Gasteiger partial charge >= 0.3 is 30.2 Å². The molecule has 3 aromatic heterocycles. The number of ether oxygens (including phenoxy) is 8. The summed E-state index contributed by atoms with van der Waals surface area (Å²) in [6.07, 6.45) is 5.63. The first-order valence-electron chi connectivity index (χ1n) is 33.3. The van der Waals surface area contributed by atoms with Crippen LogP contribution in [0.5, 0.6) is 17.2 Å². The largest absolute Gasteiger partial charge is 0.497 e. The van der Waals surface area contributed by atoms with Crippen LogP contribution in [-0.4, -0.2) is 138 Å². The summed E-state index contributed by atoms with van der Waals surface area (Å²) in [5, 5.41) is 22.9. The van der Waals surface area contributed by atoms with E-state index in [-0.39, 0.29) is 22.2 Å². The molecule has 0 aliphatic rings. The van der Waals surface area contributed by atoms with Gasteiger partial charge in [0.15, 0.2) is 0 Å². The number of aryl methyl sites for hydroxylation is 3. The first kappa shape index (κ1) is 84.6. The lowest BCUT2D eigenvalue weighted by atomic mass is 10.1. The molecule has 105 heavy (non-hydrogen) atoms. The van der Waals surface area contributed by atoms with E-state index in [9.17, 15) is 43.2 Å². The molecule has 27 heteroatoms. The number of rotatable bonds is 20.